The lowest BCUT2D eigenvalue weighted by Crippen LogP contribution is -2.15. The average Bonchev–Trinajstić information content (AvgIpc) is 2.16. The quantitative estimate of drug-likeness (QED) is 0.588. The van der Waals surface area contributed by atoms with Crippen molar-refractivity contribution in [3.63, 3.8) is 0 Å². The Labute approximate surface area is 81.1 Å². The highest BCUT2D eigenvalue weighted by atomic mass is 19.2. The second-order valence-corrected chi connectivity index (χ2v) is 2.62. The zero-order valence-corrected chi connectivity index (χ0v) is 7.15. The van der Waals surface area contributed by atoms with E-state index >= 15 is 0 Å². The third kappa shape index (κ3) is 1.65. The van der Waals surface area contributed by atoms with Gasteiger partial charge in [0.15, 0.2) is 23.3 Å². The molecule has 3 N–H and O–H groups in total. The highest BCUT2D eigenvalue weighted by Gasteiger charge is 2.28. The van der Waals surface area contributed by atoms with E-state index in [0.717, 1.165) is 0 Å². The number of aromatic carboxylic acids is 1. The summed E-state index contributed by atoms with van der Waals surface area (Å²) in [4.78, 5) is 10.3. The Kier molecular flexibility index (Phi) is 2.94. The van der Waals surface area contributed by atoms with Crippen molar-refractivity contribution in [3.8, 4) is 0 Å². The fourth-order valence-corrected chi connectivity index (χ4v) is 1.04. The fraction of sp³-hybridized carbons (Fsp3) is 0.125. The van der Waals surface area contributed by atoms with Crippen molar-refractivity contribution >= 4 is 5.97 Å². The number of benzene rings is 1. The first-order valence-electron chi connectivity index (χ1n) is 3.70. The van der Waals surface area contributed by atoms with Crippen LogP contribution in [0.5, 0.6) is 0 Å². The maximum Gasteiger partial charge on any atom is 0.341 e. The maximum absolute atomic E-state index is 12.9. The summed E-state index contributed by atoms with van der Waals surface area (Å²) in [7, 11) is 0. The Morgan fingerprint density at radius 3 is 1.73 bits per heavy atom. The van der Waals surface area contributed by atoms with Gasteiger partial charge in [0.1, 0.15) is 5.56 Å². The largest absolute Gasteiger partial charge is 0.477 e. The molecule has 0 fully saturated rings. The van der Waals surface area contributed by atoms with Gasteiger partial charge in [0.2, 0.25) is 0 Å². The van der Waals surface area contributed by atoms with E-state index in [-0.39, 0.29) is 0 Å². The smallest absolute Gasteiger partial charge is 0.341 e. The number of nitrogens with two attached hydrogens (primary N) is 1. The van der Waals surface area contributed by atoms with Crippen LogP contribution in [-0.2, 0) is 6.54 Å². The van der Waals surface area contributed by atoms with E-state index in [9.17, 15) is 22.4 Å². The summed E-state index contributed by atoms with van der Waals surface area (Å²) in [6, 6.07) is 0. The molecule has 0 saturated heterocycles. The molecule has 1 aromatic rings. The molecule has 15 heavy (non-hydrogen) atoms. The fourth-order valence-electron chi connectivity index (χ4n) is 1.04. The van der Waals surface area contributed by atoms with Crippen molar-refractivity contribution in [2.45, 2.75) is 6.54 Å². The minimum absolute atomic E-state index is 0.772. The van der Waals surface area contributed by atoms with Crippen LogP contribution in [0.4, 0.5) is 17.6 Å². The zero-order valence-electron chi connectivity index (χ0n) is 7.15. The molecule has 7 heteroatoms. The molecular weight excluding hydrogens is 218 g/mol. The summed E-state index contributed by atoms with van der Waals surface area (Å²) in [5.41, 5.74) is 2.17. The second kappa shape index (κ2) is 3.85. The Balaban J connectivity index is 3.66. The van der Waals surface area contributed by atoms with Crippen LogP contribution in [-0.4, -0.2) is 11.1 Å². The monoisotopic (exact) mass is 223 g/mol. The van der Waals surface area contributed by atoms with Gasteiger partial charge in [-0.1, -0.05) is 0 Å². The van der Waals surface area contributed by atoms with Crippen LogP contribution in [0.2, 0.25) is 0 Å². The van der Waals surface area contributed by atoms with Gasteiger partial charge in [-0.05, 0) is 0 Å². The van der Waals surface area contributed by atoms with Crippen LogP contribution in [0.25, 0.3) is 0 Å². The Hall–Kier alpha value is -1.63. The number of hydrogen-bond donors (Lipinski definition) is 2. The van der Waals surface area contributed by atoms with E-state index in [0.29, 0.717) is 0 Å². The topological polar surface area (TPSA) is 63.3 Å². The van der Waals surface area contributed by atoms with Gasteiger partial charge in [-0.2, -0.15) is 0 Å². The molecule has 0 aromatic heterocycles. The van der Waals surface area contributed by atoms with Crippen LogP contribution in [0.3, 0.4) is 0 Å². The first-order chi connectivity index (χ1) is 6.91. The van der Waals surface area contributed by atoms with Crippen LogP contribution < -0.4 is 5.73 Å². The molecule has 0 aliphatic carbocycles. The van der Waals surface area contributed by atoms with Crippen molar-refractivity contribution in [1.29, 1.82) is 0 Å². The van der Waals surface area contributed by atoms with E-state index in [1.807, 2.05) is 0 Å². The van der Waals surface area contributed by atoms with Crippen molar-refractivity contribution in [2.75, 3.05) is 0 Å². The van der Waals surface area contributed by atoms with E-state index < -0.39 is 46.9 Å². The Bertz CT molecular complexity index is 404. The summed E-state index contributed by atoms with van der Waals surface area (Å²) >= 11 is 0. The number of carboxylic acids is 1. The van der Waals surface area contributed by atoms with Crippen LogP contribution >= 0.6 is 0 Å². The lowest BCUT2D eigenvalue weighted by Gasteiger charge is -2.07. The van der Waals surface area contributed by atoms with Gasteiger partial charge in [0.25, 0.3) is 0 Å². The van der Waals surface area contributed by atoms with E-state index in [2.05, 4.69) is 0 Å². The predicted molar refractivity (Wildman–Crippen MR) is 41.1 cm³/mol. The minimum Gasteiger partial charge on any atom is -0.477 e. The minimum atomic E-state index is -2.09. The van der Waals surface area contributed by atoms with Gasteiger partial charge in [0, 0.05) is 12.1 Å². The maximum atomic E-state index is 12.9. The second-order valence-electron chi connectivity index (χ2n) is 2.62. The molecule has 0 aliphatic heterocycles. The summed E-state index contributed by atoms with van der Waals surface area (Å²) in [5.74, 6) is -9.57. The van der Waals surface area contributed by atoms with Gasteiger partial charge in [-0.15, -0.1) is 0 Å². The van der Waals surface area contributed by atoms with Gasteiger partial charge in [-0.3, -0.25) is 0 Å². The molecular formula is C8H5F4NO2. The molecule has 3 nitrogen and oxygen atoms in total. The molecule has 0 radical (unpaired) electrons. The molecule has 0 bridgehead atoms. The molecule has 0 saturated carbocycles. The molecule has 0 spiro atoms. The third-order valence-electron chi connectivity index (χ3n) is 1.77. The normalized spacial score (nSPS) is 10.5. The van der Waals surface area contributed by atoms with Crippen molar-refractivity contribution in [3.05, 3.63) is 34.4 Å². The highest BCUT2D eigenvalue weighted by Crippen LogP contribution is 2.23. The number of hydrogen-bond acceptors (Lipinski definition) is 2. The van der Waals surface area contributed by atoms with Gasteiger partial charge < -0.3 is 10.8 Å². The first kappa shape index (κ1) is 11.4. The van der Waals surface area contributed by atoms with E-state index in [4.69, 9.17) is 10.8 Å². The van der Waals surface area contributed by atoms with Crippen molar-refractivity contribution in [2.24, 2.45) is 5.73 Å². The standard InChI is InChI=1S/C8H5F4NO2/c9-4-2(1-13)5(10)7(12)3(6(4)11)8(14)15/h1,13H2,(H,14,15). The van der Waals surface area contributed by atoms with Crippen LogP contribution in [0.15, 0.2) is 0 Å². The van der Waals surface area contributed by atoms with E-state index in [1.54, 1.807) is 0 Å². The third-order valence-corrected chi connectivity index (χ3v) is 1.77. The Morgan fingerprint density at radius 2 is 1.47 bits per heavy atom. The van der Waals surface area contributed by atoms with Crippen LogP contribution in [0.1, 0.15) is 15.9 Å². The number of halogens is 4. The first-order valence-corrected chi connectivity index (χ1v) is 3.70. The molecule has 1 aromatic carbocycles. The van der Waals surface area contributed by atoms with E-state index in [1.165, 1.54) is 0 Å². The molecule has 1 rings (SSSR count). The van der Waals surface area contributed by atoms with Gasteiger partial charge >= 0.3 is 5.97 Å². The lowest BCUT2D eigenvalue weighted by molar-refractivity contribution is 0.0683. The molecule has 0 aliphatic rings. The summed E-state index contributed by atoms with van der Waals surface area (Å²) in [5, 5.41) is 8.31. The SMILES string of the molecule is NCc1c(F)c(F)c(C(=O)O)c(F)c1F. The molecule has 0 unspecified atom stereocenters. The average molecular weight is 223 g/mol. The number of carboxylic acid groups (broad SMARTS) is 1. The number of carbonyl (C=O) groups is 1. The van der Waals surface area contributed by atoms with Gasteiger partial charge in [0.05, 0.1) is 0 Å². The lowest BCUT2D eigenvalue weighted by atomic mass is 10.1. The molecule has 0 atom stereocenters. The zero-order chi connectivity index (χ0) is 11.7. The molecule has 0 heterocycles. The van der Waals surface area contributed by atoms with Crippen molar-refractivity contribution < 1.29 is 27.5 Å². The van der Waals surface area contributed by atoms with Gasteiger partial charge in [-0.25, -0.2) is 22.4 Å². The number of rotatable bonds is 2. The Morgan fingerprint density at radius 1 is 1.07 bits per heavy atom. The summed E-state index contributed by atoms with van der Waals surface area (Å²) in [6.07, 6.45) is 0. The molecule has 82 valence electrons. The summed E-state index contributed by atoms with van der Waals surface area (Å²) < 4.78 is 51.7. The van der Waals surface area contributed by atoms with Crippen molar-refractivity contribution in [1.82, 2.24) is 0 Å². The van der Waals surface area contributed by atoms with Crippen LogP contribution in [0, 0.1) is 23.3 Å². The molecule has 0 amide bonds. The highest BCUT2D eigenvalue weighted by molar-refractivity contribution is 5.88. The summed E-state index contributed by atoms with van der Waals surface area (Å²) in [6.45, 7) is -0.772. The predicted octanol–water partition coefficient (Wildman–Crippen LogP) is 1.40.